The number of oxime groups is 1. The Morgan fingerprint density at radius 1 is 1.21 bits per heavy atom. The molecule has 0 atom stereocenters. The largest absolute Gasteiger partial charge is 0.395 e. The Morgan fingerprint density at radius 3 is 2.52 bits per heavy atom. The van der Waals surface area contributed by atoms with Crippen LogP contribution in [0.1, 0.15) is 68.0 Å². The van der Waals surface area contributed by atoms with Gasteiger partial charge in [0.15, 0.2) is 5.82 Å². The molecule has 2 heterocycles. The molecule has 1 aliphatic heterocycles. The van der Waals surface area contributed by atoms with Gasteiger partial charge in [-0.05, 0) is 57.1 Å². The molecular formula is C24H36N4O. The molecule has 0 unspecified atom stereocenters. The lowest BCUT2D eigenvalue weighted by Crippen LogP contribution is -2.26. The molecule has 5 heteroatoms. The second-order valence-electron chi connectivity index (χ2n) is 8.75. The zero-order valence-corrected chi connectivity index (χ0v) is 19.2. The summed E-state index contributed by atoms with van der Waals surface area (Å²) < 4.78 is 2.01. The van der Waals surface area contributed by atoms with Gasteiger partial charge in [0.25, 0.3) is 0 Å². The van der Waals surface area contributed by atoms with E-state index in [1.165, 1.54) is 27.9 Å². The van der Waals surface area contributed by atoms with E-state index in [9.17, 15) is 0 Å². The fraction of sp³-hybridized carbons (Fsp3) is 0.583. The van der Waals surface area contributed by atoms with E-state index in [1.54, 1.807) is 0 Å². The number of hydrogen-bond acceptors (Lipinski definition) is 4. The number of rotatable bonds is 7. The lowest BCUT2D eigenvalue weighted by atomic mass is 9.97. The number of fused-ring (bicyclic) bond motifs is 1. The maximum atomic E-state index is 5.68. The summed E-state index contributed by atoms with van der Waals surface area (Å²) in [5.41, 5.74) is 8.68. The molecule has 0 saturated carbocycles. The summed E-state index contributed by atoms with van der Waals surface area (Å²) in [4.78, 5) is 8.08. The van der Waals surface area contributed by atoms with E-state index in [1.807, 2.05) is 11.7 Å². The van der Waals surface area contributed by atoms with E-state index in [2.05, 4.69) is 63.7 Å². The smallest absolute Gasteiger partial charge is 0.158 e. The van der Waals surface area contributed by atoms with Gasteiger partial charge in [0.2, 0.25) is 0 Å². The zero-order chi connectivity index (χ0) is 21.1. The van der Waals surface area contributed by atoms with Crippen LogP contribution in [0.25, 0.3) is 0 Å². The first-order valence-corrected chi connectivity index (χ1v) is 10.9. The Labute approximate surface area is 175 Å². The fourth-order valence-electron chi connectivity index (χ4n) is 4.41. The minimum atomic E-state index is 0.463. The van der Waals surface area contributed by atoms with Gasteiger partial charge in [-0.25, -0.2) is 0 Å². The van der Waals surface area contributed by atoms with Crippen molar-refractivity contribution in [2.24, 2.45) is 18.1 Å². The molecule has 3 rings (SSSR count). The van der Waals surface area contributed by atoms with Gasteiger partial charge < -0.3 is 9.74 Å². The number of hydrogen-bond donors (Lipinski definition) is 0. The summed E-state index contributed by atoms with van der Waals surface area (Å²) in [5.74, 6) is 1.54. The minimum absolute atomic E-state index is 0.463. The lowest BCUT2D eigenvalue weighted by Gasteiger charge is -2.31. The highest BCUT2D eigenvalue weighted by molar-refractivity contribution is 6.01. The van der Waals surface area contributed by atoms with Gasteiger partial charge in [-0.3, -0.25) is 4.68 Å². The molecule has 158 valence electrons. The average Bonchev–Trinajstić information content (AvgIpc) is 2.96. The van der Waals surface area contributed by atoms with E-state index in [4.69, 9.17) is 9.94 Å². The van der Waals surface area contributed by atoms with Crippen LogP contribution in [0.2, 0.25) is 0 Å². The SMILES string of the molecule is CCCC(=NOCC(C)C)c1c2c(nn1C)N(c1c(C)cc(C)cc1C)CCC2. The van der Waals surface area contributed by atoms with Crippen molar-refractivity contribution in [3.05, 3.63) is 40.1 Å². The van der Waals surface area contributed by atoms with Crippen molar-refractivity contribution in [2.45, 2.75) is 67.2 Å². The molecule has 0 bridgehead atoms. The highest BCUT2D eigenvalue weighted by Crippen LogP contribution is 2.38. The van der Waals surface area contributed by atoms with Crippen molar-refractivity contribution in [3.8, 4) is 0 Å². The van der Waals surface area contributed by atoms with Crippen LogP contribution >= 0.6 is 0 Å². The summed E-state index contributed by atoms with van der Waals surface area (Å²) in [6.45, 7) is 14.7. The predicted octanol–water partition coefficient (Wildman–Crippen LogP) is 5.61. The zero-order valence-electron chi connectivity index (χ0n) is 19.2. The van der Waals surface area contributed by atoms with Crippen LogP contribution in [0, 0.1) is 26.7 Å². The highest BCUT2D eigenvalue weighted by Gasteiger charge is 2.29. The van der Waals surface area contributed by atoms with Crippen molar-refractivity contribution in [1.29, 1.82) is 0 Å². The van der Waals surface area contributed by atoms with Crippen LogP contribution in [0.3, 0.4) is 0 Å². The Kier molecular flexibility index (Phi) is 6.66. The van der Waals surface area contributed by atoms with Crippen LogP contribution in [0.5, 0.6) is 0 Å². The molecule has 0 amide bonds. The molecule has 0 spiro atoms. The molecule has 0 aliphatic carbocycles. The monoisotopic (exact) mass is 396 g/mol. The van der Waals surface area contributed by atoms with Gasteiger partial charge in [0.1, 0.15) is 12.3 Å². The second-order valence-corrected chi connectivity index (χ2v) is 8.75. The van der Waals surface area contributed by atoms with Crippen molar-refractivity contribution in [1.82, 2.24) is 9.78 Å². The molecule has 2 aromatic rings. The lowest BCUT2D eigenvalue weighted by molar-refractivity contribution is 0.118. The Balaban J connectivity index is 2.05. The van der Waals surface area contributed by atoms with E-state index in [0.29, 0.717) is 12.5 Å². The van der Waals surface area contributed by atoms with Crippen LogP contribution in [-0.2, 0) is 18.3 Å². The van der Waals surface area contributed by atoms with Gasteiger partial charge in [-0.2, -0.15) is 5.10 Å². The van der Waals surface area contributed by atoms with Gasteiger partial charge >= 0.3 is 0 Å². The van der Waals surface area contributed by atoms with Crippen molar-refractivity contribution >= 4 is 17.2 Å². The molecule has 1 aromatic carbocycles. The molecule has 1 aromatic heterocycles. The van der Waals surface area contributed by atoms with Crippen molar-refractivity contribution in [3.63, 3.8) is 0 Å². The third-order valence-corrected chi connectivity index (χ3v) is 5.44. The standard InChI is InChI=1S/C24H36N4O/c1-8-10-21(26-29-15-16(2)3)23-20-11-9-12-28(24(20)25-27(23)7)22-18(5)13-17(4)14-19(22)6/h13-14,16H,8-12,15H2,1-7H3. The highest BCUT2D eigenvalue weighted by atomic mass is 16.6. The first kappa shape index (κ1) is 21.4. The normalized spacial score (nSPS) is 14.5. The molecule has 0 saturated heterocycles. The minimum Gasteiger partial charge on any atom is -0.395 e. The Hall–Kier alpha value is -2.30. The number of aryl methyl sites for hydroxylation is 4. The van der Waals surface area contributed by atoms with E-state index in [0.717, 1.165) is 49.5 Å². The molecule has 0 radical (unpaired) electrons. The van der Waals surface area contributed by atoms with Gasteiger partial charge in [-0.1, -0.05) is 50.0 Å². The van der Waals surface area contributed by atoms with Crippen molar-refractivity contribution in [2.75, 3.05) is 18.1 Å². The summed E-state index contributed by atoms with van der Waals surface area (Å²) >= 11 is 0. The maximum absolute atomic E-state index is 5.68. The van der Waals surface area contributed by atoms with Crippen LogP contribution in [-0.4, -0.2) is 28.6 Å². The summed E-state index contributed by atoms with van der Waals surface area (Å²) in [7, 11) is 2.04. The third kappa shape index (κ3) is 4.49. The summed E-state index contributed by atoms with van der Waals surface area (Å²) in [6, 6.07) is 4.54. The number of benzene rings is 1. The van der Waals surface area contributed by atoms with Crippen LogP contribution < -0.4 is 4.90 Å². The summed E-state index contributed by atoms with van der Waals surface area (Å²) in [5, 5.41) is 9.51. The summed E-state index contributed by atoms with van der Waals surface area (Å²) in [6.07, 6.45) is 4.08. The van der Waals surface area contributed by atoms with Gasteiger partial charge in [0.05, 0.1) is 5.69 Å². The number of anilines is 2. The third-order valence-electron chi connectivity index (χ3n) is 5.44. The molecular weight excluding hydrogens is 360 g/mol. The quantitative estimate of drug-likeness (QED) is 0.451. The Bertz CT molecular complexity index is 872. The maximum Gasteiger partial charge on any atom is 0.158 e. The topological polar surface area (TPSA) is 42.7 Å². The fourth-order valence-corrected chi connectivity index (χ4v) is 4.41. The first-order valence-electron chi connectivity index (χ1n) is 10.9. The van der Waals surface area contributed by atoms with Gasteiger partial charge in [-0.15, -0.1) is 0 Å². The molecule has 5 nitrogen and oxygen atoms in total. The molecule has 1 aliphatic rings. The molecule has 0 fully saturated rings. The molecule has 29 heavy (non-hydrogen) atoms. The molecule has 0 N–H and O–H groups in total. The first-order chi connectivity index (χ1) is 13.8. The average molecular weight is 397 g/mol. The van der Waals surface area contributed by atoms with Crippen molar-refractivity contribution < 1.29 is 4.84 Å². The number of nitrogens with zero attached hydrogens (tertiary/aromatic N) is 4. The van der Waals surface area contributed by atoms with Gasteiger partial charge in [0, 0.05) is 24.8 Å². The predicted molar refractivity (Wildman–Crippen MR) is 121 cm³/mol. The second kappa shape index (κ2) is 9.02. The Morgan fingerprint density at radius 2 is 1.90 bits per heavy atom. The van der Waals surface area contributed by atoms with E-state index < -0.39 is 0 Å². The van der Waals surface area contributed by atoms with Crippen LogP contribution in [0.15, 0.2) is 17.3 Å². The number of aromatic nitrogens is 2. The van der Waals surface area contributed by atoms with Crippen LogP contribution in [0.4, 0.5) is 11.5 Å². The van der Waals surface area contributed by atoms with E-state index in [-0.39, 0.29) is 0 Å². The van der Waals surface area contributed by atoms with E-state index >= 15 is 0 Å².